The number of hydrogen-bond acceptors (Lipinski definition) is 4. The first-order chi connectivity index (χ1) is 8.79. The van der Waals surface area contributed by atoms with E-state index in [4.69, 9.17) is 4.74 Å². The predicted octanol–water partition coefficient (Wildman–Crippen LogP) is 1.93. The van der Waals surface area contributed by atoms with Crippen LogP contribution in [0.5, 0.6) is 5.75 Å². The molecule has 0 aliphatic carbocycles. The van der Waals surface area contributed by atoms with Crippen LogP contribution in [0.3, 0.4) is 0 Å². The first-order valence-electron chi connectivity index (χ1n) is 6.84. The zero-order chi connectivity index (χ0) is 14.6. The second-order valence-electron chi connectivity index (χ2n) is 5.90. The van der Waals surface area contributed by atoms with Crippen LogP contribution in [0, 0.1) is 5.92 Å². The lowest BCUT2D eigenvalue weighted by Crippen LogP contribution is -2.39. The average molecular weight is 269 g/mol. The molecule has 0 radical (unpaired) electrons. The van der Waals surface area contributed by atoms with E-state index in [1.807, 2.05) is 18.5 Å². The van der Waals surface area contributed by atoms with E-state index in [1.165, 1.54) is 0 Å². The van der Waals surface area contributed by atoms with Crippen LogP contribution >= 0.6 is 0 Å². The summed E-state index contributed by atoms with van der Waals surface area (Å²) in [7, 11) is 1.60. The fraction of sp³-hybridized carbons (Fsp3) is 0.786. The van der Waals surface area contributed by atoms with Crippen molar-refractivity contribution in [3.8, 4) is 5.75 Å². The molecule has 0 amide bonds. The molecule has 0 aromatic carbocycles. The SMILES string of the molecule is COc1cnn(C(C)C)c1C(C)(O)CNCC(C)C. The summed E-state index contributed by atoms with van der Waals surface area (Å²) in [6, 6.07) is 0.176. The number of nitrogens with zero attached hydrogens (tertiary/aromatic N) is 2. The Morgan fingerprint density at radius 2 is 2.05 bits per heavy atom. The summed E-state index contributed by atoms with van der Waals surface area (Å²) in [5, 5.41) is 18.3. The van der Waals surface area contributed by atoms with Gasteiger partial charge in [-0.2, -0.15) is 5.10 Å². The lowest BCUT2D eigenvalue weighted by molar-refractivity contribution is 0.0431. The minimum Gasteiger partial charge on any atom is -0.493 e. The topological polar surface area (TPSA) is 59.3 Å². The zero-order valence-electron chi connectivity index (χ0n) is 12.9. The molecule has 110 valence electrons. The van der Waals surface area contributed by atoms with E-state index in [0.717, 1.165) is 12.2 Å². The van der Waals surface area contributed by atoms with Crippen LogP contribution < -0.4 is 10.1 Å². The molecule has 0 aliphatic rings. The smallest absolute Gasteiger partial charge is 0.162 e. The number of ether oxygens (including phenoxy) is 1. The Labute approximate surface area is 116 Å². The molecule has 1 rings (SSSR count). The maximum Gasteiger partial charge on any atom is 0.162 e. The largest absolute Gasteiger partial charge is 0.493 e. The predicted molar refractivity (Wildman–Crippen MR) is 76.4 cm³/mol. The third-order valence-electron chi connectivity index (χ3n) is 3.00. The molecule has 0 saturated heterocycles. The highest BCUT2D eigenvalue weighted by molar-refractivity contribution is 5.31. The maximum absolute atomic E-state index is 10.7. The van der Waals surface area contributed by atoms with Crippen molar-refractivity contribution in [1.29, 1.82) is 0 Å². The summed E-state index contributed by atoms with van der Waals surface area (Å²) in [6.45, 7) is 11.5. The number of rotatable bonds is 7. The quantitative estimate of drug-likeness (QED) is 0.794. The third kappa shape index (κ3) is 3.94. The molecular formula is C14H27N3O2. The fourth-order valence-electron chi connectivity index (χ4n) is 2.09. The van der Waals surface area contributed by atoms with E-state index in [1.54, 1.807) is 20.2 Å². The van der Waals surface area contributed by atoms with Gasteiger partial charge < -0.3 is 15.2 Å². The minimum absolute atomic E-state index is 0.176. The second-order valence-corrected chi connectivity index (χ2v) is 5.90. The van der Waals surface area contributed by atoms with Crippen LogP contribution in [0.4, 0.5) is 0 Å². The van der Waals surface area contributed by atoms with Crippen molar-refractivity contribution in [3.05, 3.63) is 11.9 Å². The highest BCUT2D eigenvalue weighted by Crippen LogP contribution is 2.31. The molecule has 19 heavy (non-hydrogen) atoms. The van der Waals surface area contributed by atoms with Gasteiger partial charge >= 0.3 is 0 Å². The molecule has 0 fully saturated rings. The van der Waals surface area contributed by atoms with E-state index in [2.05, 4.69) is 24.3 Å². The Morgan fingerprint density at radius 3 is 2.53 bits per heavy atom. The summed E-state index contributed by atoms with van der Waals surface area (Å²) in [5.74, 6) is 1.18. The molecule has 0 bridgehead atoms. The standard InChI is InChI=1S/C14H27N3O2/c1-10(2)7-15-9-14(5,18)13-12(19-6)8-16-17(13)11(3)4/h8,10-11,15,18H,7,9H2,1-6H3. The first kappa shape index (κ1) is 16.0. The zero-order valence-corrected chi connectivity index (χ0v) is 12.9. The van der Waals surface area contributed by atoms with Crippen molar-refractivity contribution in [1.82, 2.24) is 15.1 Å². The van der Waals surface area contributed by atoms with Crippen LogP contribution in [0.1, 0.15) is 46.4 Å². The van der Waals surface area contributed by atoms with E-state index >= 15 is 0 Å². The summed E-state index contributed by atoms with van der Waals surface area (Å²) < 4.78 is 7.13. The van der Waals surface area contributed by atoms with E-state index in [0.29, 0.717) is 18.2 Å². The van der Waals surface area contributed by atoms with Gasteiger partial charge in [-0.05, 0) is 33.2 Å². The summed E-state index contributed by atoms with van der Waals surface area (Å²) in [6.07, 6.45) is 1.66. The Balaban J connectivity index is 2.94. The Hall–Kier alpha value is -1.07. The van der Waals surface area contributed by atoms with Crippen LogP contribution in [0.25, 0.3) is 0 Å². The van der Waals surface area contributed by atoms with Crippen molar-refractivity contribution in [3.63, 3.8) is 0 Å². The van der Waals surface area contributed by atoms with Crippen molar-refractivity contribution in [2.75, 3.05) is 20.2 Å². The minimum atomic E-state index is -1.01. The van der Waals surface area contributed by atoms with Gasteiger partial charge in [0, 0.05) is 12.6 Å². The molecule has 0 spiro atoms. The van der Waals surface area contributed by atoms with E-state index in [9.17, 15) is 5.11 Å². The van der Waals surface area contributed by atoms with E-state index < -0.39 is 5.60 Å². The number of aromatic nitrogens is 2. The fourth-order valence-corrected chi connectivity index (χ4v) is 2.09. The normalized spacial score (nSPS) is 15.0. The van der Waals surface area contributed by atoms with Gasteiger partial charge in [-0.15, -0.1) is 0 Å². The van der Waals surface area contributed by atoms with Gasteiger partial charge in [0.05, 0.1) is 13.3 Å². The van der Waals surface area contributed by atoms with Gasteiger partial charge in [-0.25, -0.2) is 0 Å². The van der Waals surface area contributed by atoms with Gasteiger partial charge in [0.1, 0.15) is 11.3 Å². The molecule has 5 heteroatoms. The van der Waals surface area contributed by atoms with Crippen molar-refractivity contribution < 1.29 is 9.84 Å². The van der Waals surface area contributed by atoms with Gasteiger partial charge in [-0.1, -0.05) is 13.8 Å². The van der Waals surface area contributed by atoms with Gasteiger partial charge in [-0.3, -0.25) is 4.68 Å². The number of aliphatic hydroxyl groups is 1. The third-order valence-corrected chi connectivity index (χ3v) is 3.00. The summed E-state index contributed by atoms with van der Waals surface area (Å²) in [5.41, 5.74) is -0.290. The molecule has 1 unspecified atom stereocenters. The molecule has 5 nitrogen and oxygen atoms in total. The molecule has 1 heterocycles. The molecule has 0 aliphatic heterocycles. The van der Waals surface area contributed by atoms with Crippen LogP contribution in [0.15, 0.2) is 6.20 Å². The van der Waals surface area contributed by atoms with Crippen molar-refractivity contribution in [2.24, 2.45) is 5.92 Å². The molecular weight excluding hydrogens is 242 g/mol. The second kappa shape index (κ2) is 6.39. The van der Waals surface area contributed by atoms with Crippen LogP contribution in [-0.4, -0.2) is 35.1 Å². The van der Waals surface area contributed by atoms with Crippen molar-refractivity contribution in [2.45, 2.75) is 46.3 Å². The average Bonchev–Trinajstić information content (AvgIpc) is 2.72. The Bertz CT molecular complexity index is 397. The Morgan fingerprint density at radius 1 is 1.42 bits per heavy atom. The van der Waals surface area contributed by atoms with Crippen LogP contribution in [0.2, 0.25) is 0 Å². The number of nitrogens with one attached hydrogen (secondary N) is 1. The molecule has 1 aromatic rings. The lowest BCUT2D eigenvalue weighted by atomic mass is 10.0. The lowest BCUT2D eigenvalue weighted by Gasteiger charge is -2.27. The van der Waals surface area contributed by atoms with Gasteiger partial charge in [0.15, 0.2) is 5.75 Å². The molecule has 1 aromatic heterocycles. The van der Waals surface area contributed by atoms with Gasteiger partial charge in [0.2, 0.25) is 0 Å². The first-order valence-corrected chi connectivity index (χ1v) is 6.84. The molecule has 2 N–H and O–H groups in total. The van der Waals surface area contributed by atoms with Gasteiger partial charge in [0.25, 0.3) is 0 Å². The Kier molecular flexibility index (Phi) is 5.38. The molecule has 0 saturated carbocycles. The molecule has 1 atom stereocenters. The highest BCUT2D eigenvalue weighted by Gasteiger charge is 2.32. The van der Waals surface area contributed by atoms with Crippen LogP contribution in [-0.2, 0) is 5.60 Å². The monoisotopic (exact) mass is 269 g/mol. The van der Waals surface area contributed by atoms with Crippen molar-refractivity contribution >= 4 is 0 Å². The number of hydrogen-bond donors (Lipinski definition) is 2. The summed E-state index contributed by atoms with van der Waals surface area (Å²) in [4.78, 5) is 0. The maximum atomic E-state index is 10.7. The summed E-state index contributed by atoms with van der Waals surface area (Å²) >= 11 is 0. The number of methoxy groups -OCH3 is 1. The van der Waals surface area contributed by atoms with E-state index in [-0.39, 0.29) is 6.04 Å². The highest BCUT2D eigenvalue weighted by atomic mass is 16.5.